The van der Waals surface area contributed by atoms with Crippen LogP contribution < -0.4 is 4.72 Å². The fourth-order valence-corrected chi connectivity index (χ4v) is 1.98. The van der Waals surface area contributed by atoms with Crippen molar-refractivity contribution in [1.29, 1.82) is 0 Å². The van der Waals surface area contributed by atoms with Crippen LogP contribution in [-0.2, 0) is 10.0 Å². The second kappa shape index (κ2) is 3.79. The van der Waals surface area contributed by atoms with Crippen LogP contribution in [0.25, 0.3) is 0 Å². The van der Waals surface area contributed by atoms with Gasteiger partial charge < -0.3 is 0 Å². The molecule has 0 fully saturated rings. The lowest BCUT2D eigenvalue weighted by Crippen LogP contribution is -2.46. The molecule has 0 aliphatic heterocycles. The number of nitrogens with one attached hydrogen (secondary N) is 1. The van der Waals surface area contributed by atoms with Crippen molar-refractivity contribution < 1.29 is 8.42 Å². The molecule has 0 aromatic carbocycles. The molecule has 0 bridgehead atoms. The van der Waals surface area contributed by atoms with E-state index in [1.54, 1.807) is 14.8 Å². The summed E-state index contributed by atoms with van der Waals surface area (Å²) in [4.78, 5) is 0. The number of rotatable bonds is 4. The van der Waals surface area contributed by atoms with Crippen LogP contribution in [0.2, 0.25) is 0 Å². The molecule has 0 radical (unpaired) electrons. The number of hydrogen-bond donors (Lipinski definition) is 1. The molecule has 3 nitrogen and oxygen atoms in total. The summed E-state index contributed by atoms with van der Waals surface area (Å²) in [6, 6.07) is -0.0270. The van der Waals surface area contributed by atoms with E-state index in [0.29, 0.717) is 6.42 Å². The van der Waals surface area contributed by atoms with Crippen molar-refractivity contribution in [1.82, 2.24) is 4.72 Å². The first kappa shape index (κ1) is 12.0. The van der Waals surface area contributed by atoms with Crippen LogP contribution in [0, 0.1) is 0 Å². The molecule has 0 aromatic heterocycles. The van der Waals surface area contributed by atoms with E-state index in [4.69, 9.17) is 0 Å². The third-order valence-electron chi connectivity index (χ3n) is 1.97. The average Bonchev–Trinajstić information content (AvgIpc) is 1.84. The molecule has 0 aliphatic carbocycles. The van der Waals surface area contributed by atoms with Gasteiger partial charge in [0.05, 0.1) is 4.65 Å². The van der Waals surface area contributed by atoms with Crippen molar-refractivity contribution in [2.24, 2.45) is 0 Å². The molecule has 12 heavy (non-hydrogen) atoms. The summed E-state index contributed by atoms with van der Waals surface area (Å²) in [6.07, 6.45) is 0.620. The van der Waals surface area contributed by atoms with Gasteiger partial charge in [-0.05, 0) is 20.3 Å². The Labute approximate surface area is 76.4 Å². The smallest absolute Gasteiger partial charge is 0.209 e. The molecular formula is C7H18BNO2S. The van der Waals surface area contributed by atoms with E-state index in [1.807, 2.05) is 20.8 Å². The number of hydrogen-bond acceptors (Lipinski definition) is 2. The van der Waals surface area contributed by atoms with Crippen LogP contribution >= 0.6 is 0 Å². The Morgan fingerprint density at radius 3 is 2.17 bits per heavy atom. The molecule has 0 heterocycles. The zero-order valence-corrected chi connectivity index (χ0v) is 9.33. The second-order valence-electron chi connectivity index (χ2n) is 3.89. The molecule has 1 unspecified atom stereocenters. The van der Waals surface area contributed by atoms with Gasteiger partial charge in [-0.15, -0.1) is 0 Å². The Morgan fingerprint density at radius 2 is 1.92 bits per heavy atom. The van der Waals surface area contributed by atoms with Crippen LogP contribution in [-0.4, -0.2) is 27.0 Å². The van der Waals surface area contributed by atoms with Crippen molar-refractivity contribution >= 4 is 17.9 Å². The van der Waals surface area contributed by atoms with Gasteiger partial charge in [0.2, 0.25) is 10.0 Å². The lowest BCUT2D eigenvalue weighted by atomic mass is 9.86. The molecule has 0 rings (SSSR count). The summed E-state index contributed by atoms with van der Waals surface area (Å²) in [6.45, 7) is 7.25. The van der Waals surface area contributed by atoms with Gasteiger partial charge in [0.15, 0.2) is 0 Å². The van der Waals surface area contributed by atoms with Gasteiger partial charge in [-0.1, -0.05) is 13.8 Å². The predicted molar refractivity (Wildman–Crippen MR) is 54.4 cm³/mol. The Kier molecular flexibility index (Phi) is 3.78. The van der Waals surface area contributed by atoms with E-state index >= 15 is 0 Å². The van der Waals surface area contributed by atoms with Crippen LogP contribution in [0.1, 0.15) is 34.1 Å². The first-order valence-electron chi connectivity index (χ1n) is 4.25. The lowest BCUT2D eigenvalue weighted by Gasteiger charge is -2.24. The predicted octanol–water partition coefficient (Wildman–Crippen LogP) is 0.0735. The molecule has 72 valence electrons. The summed E-state index contributed by atoms with van der Waals surface area (Å²) in [5.41, 5.74) is 0. The molecule has 0 saturated carbocycles. The van der Waals surface area contributed by atoms with Crippen molar-refractivity contribution in [3.63, 3.8) is 0 Å². The van der Waals surface area contributed by atoms with Gasteiger partial charge in [-0.3, -0.25) is 0 Å². The zero-order chi connectivity index (χ0) is 9.99. The maximum atomic E-state index is 11.6. The monoisotopic (exact) mass is 191 g/mol. The molecule has 1 atom stereocenters. The summed E-state index contributed by atoms with van der Waals surface area (Å²) in [5.74, 6) is 0. The first-order valence-corrected chi connectivity index (χ1v) is 5.73. The van der Waals surface area contributed by atoms with E-state index in [0.717, 1.165) is 0 Å². The van der Waals surface area contributed by atoms with Crippen molar-refractivity contribution in [2.75, 3.05) is 0 Å². The minimum absolute atomic E-state index is 0.0270. The van der Waals surface area contributed by atoms with Crippen molar-refractivity contribution in [3.05, 3.63) is 0 Å². The van der Waals surface area contributed by atoms with Crippen molar-refractivity contribution in [2.45, 2.75) is 44.8 Å². The highest BCUT2D eigenvalue weighted by Gasteiger charge is 2.32. The highest BCUT2D eigenvalue weighted by Crippen LogP contribution is 2.15. The molecule has 5 heteroatoms. The Bertz CT molecular complexity index is 234. The number of sulfonamides is 1. The molecule has 1 N–H and O–H groups in total. The molecule has 0 aromatic rings. The largest absolute Gasteiger partial charge is 0.213 e. The summed E-state index contributed by atoms with van der Waals surface area (Å²) in [5, 5.41) is 0. The van der Waals surface area contributed by atoms with Crippen LogP contribution in [0.15, 0.2) is 0 Å². The molecule has 0 saturated heterocycles. The van der Waals surface area contributed by atoms with E-state index in [2.05, 4.69) is 4.72 Å². The van der Waals surface area contributed by atoms with E-state index in [1.165, 1.54) is 0 Å². The highest BCUT2D eigenvalue weighted by molar-refractivity contribution is 7.92. The Hall–Kier alpha value is -0.0251. The maximum Gasteiger partial charge on any atom is 0.209 e. The Morgan fingerprint density at radius 1 is 1.50 bits per heavy atom. The minimum atomic E-state index is -3.16. The summed E-state index contributed by atoms with van der Waals surface area (Å²) >= 11 is 0. The van der Waals surface area contributed by atoms with Gasteiger partial charge in [0.25, 0.3) is 0 Å². The van der Waals surface area contributed by atoms with Crippen LogP contribution in [0.3, 0.4) is 0 Å². The standard InChI is InChI=1S/C7H18BNO2S/c1-5-7(4,8)12(10,11)9-6(2)3/h6,9H,5,8H2,1-4H3. The fraction of sp³-hybridized carbons (Fsp3) is 1.00. The third kappa shape index (κ3) is 2.79. The average molecular weight is 191 g/mol. The van der Waals surface area contributed by atoms with Crippen LogP contribution in [0.5, 0.6) is 0 Å². The molecular weight excluding hydrogens is 173 g/mol. The first-order chi connectivity index (χ1) is 5.23. The fourth-order valence-electron chi connectivity index (χ4n) is 0.660. The third-order valence-corrected chi connectivity index (χ3v) is 4.50. The topological polar surface area (TPSA) is 46.2 Å². The molecule has 0 amide bonds. The maximum absolute atomic E-state index is 11.6. The normalized spacial score (nSPS) is 17.8. The van der Waals surface area contributed by atoms with Crippen LogP contribution in [0.4, 0.5) is 0 Å². The summed E-state index contributed by atoms with van der Waals surface area (Å²) in [7, 11) is -1.43. The van der Waals surface area contributed by atoms with Crippen molar-refractivity contribution in [3.8, 4) is 0 Å². The van der Waals surface area contributed by atoms with Gasteiger partial charge >= 0.3 is 0 Å². The van der Waals surface area contributed by atoms with E-state index in [9.17, 15) is 8.42 Å². The highest BCUT2D eigenvalue weighted by atomic mass is 32.2. The van der Waals surface area contributed by atoms with Gasteiger partial charge in [0.1, 0.15) is 7.85 Å². The second-order valence-corrected chi connectivity index (χ2v) is 6.24. The molecule has 0 aliphatic rings. The lowest BCUT2D eigenvalue weighted by molar-refractivity contribution is 0.545. The van der Waals surface area contributed by atoms with Gasteiger partial charge in [0, 0.05) is 6.04 Å². The van der Waals surface area contributed by atoms with Gasteiger partial charge in [-0.2, -0.15) is 0 Å². The zero-order valence-electron chi connectivity index (χ0n) is 8.51. The van der Waals surface area contributed by atoms with Gasteiger partial charge in [-0.25, -0.2) is 13.1 Å². The minimum Gasteiger partial charge on any atom is -0.213 e. The SMILES string of the molecule is BC(C)(CC)S(=O)(=O)NC(C)C. The van der Waals surface area contributed by atoms with E-state index in [-0.39, 0.29) is 6.04 Å². The van der Waals surface area contributed by atoms with E-state index < -0.39 is 14.7 Å². The quantitative estimate of drug-likeness (QED) is 0.639. The summed E-state index contributed by atoms with van der Waals surface area (Å²) < 4.78 is 25.1. The molecule has 0 spiro atoms. The Balaban J connectivity index is 4.63.